The van der Waals surface area contributed by atoms with E-state index in [2.05, 4.69) is 66.0 Å². The minimum absolute atomic E-state index is 0.268. The summed E-state index contributed by atoms with van der Waals surface area (Å²) in [7, 11) is 1.76. The molecule has 0 spiro atoms. The lowest BCUT2D eigenvalue weighted by atomic mass is 9.81. The van der Waals surface area contributed by atoms with Crippen molar-refractivity contribution in [3.8, 4) is 5.75 Å². The first-order chi connectivity index (χ1) is 15.3. The van der Waals surface area contributed by atoms with Crippen LogP contribution in [0.3, 0.4) is 0 Å². The number of aryl methyl sites for hydroxylation is 1. The van der Waals surface area contributed by atoms with Gasteiger partial charge in [-0.3, -0.25) is 4.99 Å². The van der Waals surface area contributed by atoms with Crippen molar-refractivity contribution in [2.75, 3.05) is 7.11 Å². The van der Waals surface area contributed by atoms with Crippen molar-refractivity contribution < 1.29 is 4.74 Å². The molecule has 0 radical (unpaired) electrons. The van der Waals surface area contributed by atoms with Crippen LogP contribution in [-0.4, -0.2) is 30.9 Å². The molecule has 2 unspecified atom stereocenters. The zero-order chi connectivity index (χ0) is 21.4. The zero-order valence-electron chi connectivity index (χ0n) is 18.8. The van der Waals surface area contributed by atoms with Crippen LogP contribution in [0.4, 0.5) is 0 Å². The van der Waals surface area contributed by atoms with E-state index < -0.39 is 0 Å². The fraction of sp³-hybridized carbons (Fsp3) is 0.464. The van der Waals surface area contributed by atoms with Crippen LogP contribution in [0.25, 0.3) is 0 Å². The molecule has 0 saturated heterocycles. The molecule has 2 aromatic rings. The Morgan fingerprint density at radius 1 is 1.00 bits per heavy atom. The second kappa shape index (κ2) is 10.8. The van der Waals surface area contributed by atoms with Crippen molar-refractivity contribution >= 4 is 6.21 Å². The summed E-state index contributed by atoms with van der Waals surface area (Å²) < 4.78 is 5.68. The van der Waals surface area contributed by atoms with Crippen LogP contribution >= 0.6 is 0 Å². The van der Waals surface area contributed by atoms with Crippen LogP contribution in [0.5, 0.6) is 5.75 Å². The van der Waals surface area contributed by atoms with Crippen molar-refractivity contribution in [2.24, 2.45) is 4.99 Å². The van der Waals surface area contributed by atoms with E-state index >= 15 is 0 Å². The van der Waals surface area contributed by atoms with Gasteiger partial charge in [-0.05, 0) is 49.0 Å². The number of nitrogens with one attached hydrogen (secondary N) is 1. The van der Waals surface area contributed by atoms with Crippen molar-refractivity contribution in [1.29, 1.82) is 0 Å². The third kappa shape index (κ3) is 5.65. The van der Waals surface area contributed by atoms with E-state index in [4.69, 9.17) is 9.73 Å². The number of benzene rings is 2. The monoisotopic (exact) mass is 416 g/mol. The number of rotatable bonds is 9. The molecule has 31 heavy (non-hydrogen) atoms. The Balaban J connectivity index is 1.59. The summed E-state index contributed by atoms with van der Waals surface area (Å²) in [6, 6.07) is 20.1. The third-order valence-electron chi connectivity index (χ3n) is 6.91. The summed E-state index contributed by atoms with van der Waals surface area (Å²) in [4.78, 5) is 5.09. The fourth-order valence-electron chi connectivity index (χ4n) is 5.19. The van der Waals surface area contributed by atoms with Crippen molar-refractivity contribution in [3.63, 3.8) is 0 Å². The van der Waals surface area contributed by atoms with E-state index in [0.29, 0.717) is 6.04 Å². The van der Waals surface area contributed by atoms with Crippen molar-refractivity contribution in [3.05, 3.63) is 77.9 Å². The average Bonchev–Trinajstić information content (AvgIpc) is 3.13. The van der Waals surface area contributed by atoms with Gasteiger partial charge < -0.3 is 10.1 Å². The minimum Gasteiger partial charge on any atom is -0.496 e. The Bertz CT molecular complexity index is 854. The Morgan fingerprint density at radius 3 is 2.45 bits per heavy atom. The van der Waals surface area contributed by atoms with Gasteiger partial charge in [0.15, 0.2) is 0 Å². The first-order valence-corrected chi connectivity index (χ1v) is 11.9. The number of ether oxygens (including phenoxy) is 1. The molecule has 2 atom stereocenters. The van der Waals surface area contributed by atoms with E-state index in [-0.39, 0.29) is 11.6 Å². The summed E-state index contributed by atoms with van der Waals surface area (Å²) in [5, 5.41) is 4.10. The second-order valence-electron chi connectivity index (χ2n) is 9.05. The predicted molar refractivity (Wildman–Crippen MR) is 130 cm³/mol. The van der Waals surface area contributed by atoms with Gasteiger partial charge in [0.1, 0.15) is 5.75 Å². The molecule has 164 valence electrons. The van der Waals surface area contributed by atoms with Crippen LogP contribution in [-0.2, 0) is 12.8 Å². The predicted octanol–water partition coefficient (Wildman–Crippen LogP) is 5.93. The van der Waals surface area contributed by atoms with E-state index in [1.165, 1.54) is 49.7 Å². The topological polar surface area (TPSA) is 33.6 Å². The van der Waals surface area contributed by atoms with Crippen LogP contribution < -0.4 is 10.1 Å². The molecule has 1 aliphatic carbocycles. The van der Waals surface area contributed by atoms with Gasteiger partial charge in [-0.15, -0.1) is 0 Å². The number of hydrogen-bond donors (Lipinski definition) is 1. The van der Waals surface area contributed by atoms with Gasteiger partial charge in [0, 0.05) is 24.7 Å². The largest absolute Gasteiger partial charge is 0.496 e. The van der Waals surface area contributed by atoms with Gasteiger partial charge in [-0.2, -0.15) is 0 Å². The molecule has 2 aromatic carbocycles. The fourth-order valence-corrected chi connectivity index (χ4v) is 5.19. The molecule has 1 heterocycles. The van der Waals surface area contributed by atoms with Crippen LogP contribution in [0.2, 0.25) is 0 Å². The molecular formula is C28H36N2O. The lowest BCUT2D eigenvalue weighted by molar-refractivity contribution is 0.289. The number of hydrogen-bond acceptors (Lipinski definition) is 3. The average molecular weight is 417 g/mol. The van der Waals surface area contributed by atoms with Gasteiger partial charge >= 0.3 is 0 Å². The van der Waals surface area contributed by atoms with E-state index in [9.17, 15) is 0 Å². The SMILES string of the molecule is COc1ccccc1CC1(C(CCc2ccccc2)NC2CCCCCC2)C=CC=N1. The molecule has 0 aromatic heterocycles. The molecule has 0 amide bonds. The van der Waals surface area contributed by atoms with Crippen LogP contribution in [0.1, 0.15) is 56.1 Å². The highest BCUT2D eigenvalue weighted by atomic mass is 16.5. The molecule has 1 N–H and O–H groups in total. The zero-order valence-corrected chi connectivity index (χ0v) is 18.8. The lowest BCUT2D eigenvalue weighted by Crippen LogP contribution is -2.52. The first kappa shape index (κ1) is 21.8. The summed E-state index contributed by atoms with van der Waals surface area (Å²) in [6.07, 6.45) is 17.4. The lowest BCUT2D eigenvalue weighted by Gasteiger charge is -2.37. The van der Waals surface area contributed by atoms with Crippen LogP contribution in [0, 0.1) is 0 Å². The molecule has 3 nitrogen and oxygen atoms in total. The highest BCUT2D eigenvalue weighted by Gasteiger charge is 2.39. The van der Waals surface area contributed by atoms with E-state index in [1.54, 1.807) is 7.11 Å². The molecule has 4 rings (SSSR count). The maximum Gasteiger partial charge on any atom is 0.122 e. The highest BCUT2D eigenvalue weighted by Crippen LogP contribution is 2.33. The number of para-hydroxylation sites is 1. The molecule has 0 bridgehead atoms. The smallest absolute Gasteiger partial charge is 0.122 e. The van der Waals surface area contributed by atoms with Gasteiger partial charge in [0.25, 0.3) is 0 Å². The Labute approximate surface area is 187 Å². The van der Waals surface area contributed by atoms with Gasteiger partial charge in [-0.1, -0.05) is 80.3 Å². The maximum absolute atomic E-state index is 5.68. The third-order valence-corrected chi connectivity index (χ3v) is 6.91. The number of nitrogens with zero attached hydrogens (tertiary/aromatic N) is 1. The molecule has 1 saturated carbocycles. The maximum atomic E-state index is 5.68. The van der Waals surface area contributed by atoms with Crippen molar-refractivity contribution in [2.45, 2.75) is 75.4 Å². The van der Waals surface area contributed by atoms with Crippen molar-refractivity contribution in [1.82, 2.24) is 5.32 Å². The number of allylic oxidation sites excluding steroid dienone is 1. The summed E-state index contributed by atoms with van der Waals surface area (Å²) >= 11 is 0. The Kier molecular flexibility index (Phi) is 7.58. The molecule has 1 fully saturated rings. The van der Waals surface area contributed by atoms with Gasteiger partial charge in [-0.25, -0.2) is 0 Å². The summed E-state index contributed by atoms with van der Waals surface area (Å²) in [5.74, 6) is 0.952. The molecule has 3 heteroatoms. The summed E-state index contributed by atoms with van der Waals surface area (Å²) in [6.45, 7) is 0. The highest BCUT2D eigenvalue weighted by molar-refractivity contribution is 5.75. The van der Waals surface area contributed by atoms with Gasteiger partial charge in [0.2, 0.25) is 0 Å². The molecule has 1 aliphatic heterocycles. The van der Waals surface area contributed by atoms with Crippen LogP contribution in [0.15, 0.2) is 71.7 Å². The first-order valence-electron chi connectivity index (χ1n) is 11.9. The van der Waals surface area contributed by atoms with E-state index in [0.717, 1.165) is 25.0 Å². The Morgan fingerprint density at radius 2 is 1.74 bits per heavy atom. The second-order valence-corrected chi connectivity index (χ2v) is 9.05. The minimum atomic E-state index is -0.268. The Hall–Kier alpha value is -2.39. The molecule has 2 aliphatic rings. The normalized spacial score (nSPS) is 22.4. The quantitative estimate of drug-likeness (QED) is 0.514. The standard InChI is InChI=1S/C28H36N2O/c1-31-26-17-10-9-14-24(26)22-28(20-11-21-29-28)27(19-18-23-12-5-4-6-13-23)30-25-15-7-2-3-8-16-25/h4-6,9-14,17,20-21,25,27,30H,2-3,7-8,15-16,18-19,22H2,1H3. The van der Waals surface area contributed by atoms with Gasteiger partial charge in [0.05, 0.1) is 12.6 Å². The molecular weight excluding hydrogens is 380 g/mol. The summed E-state index contributed by atoms with van der Waals surface area (Å²) in [5.41, 5.74) is 2.35. The van der Waals surface area contributed by atoms with E-state index in [1.807, 2.05) is 12.3 Å². The number of methoxy groups -OCH3 is 1. The number of aliphatic imine (C=N–C) groups is 1.